The van der Waals surface area contributed by atoms with Gasteiger partial charge in [0.2, 0.25) is 0 Å². The minimum Gasteiger partial charge on any atom is -0.496 e. The van der Waals surface area contributed by atoms with E-state index < -0.39 is 0 Å². The van der Waals surface area contributed by atoms with Gasteiger partial charge in [-0.1, -0.05) is 37.3 Å². The van der Waals surface area contributed by atoms with E-state index in [2.05, 4.69) is 36.8 Å². The number of carbonyl (C=O) groups is 1. The molecule has 0 amide bonds. The Morgan fingerprint density at radius 1 is 0.795 bits per heavy atom. The van der Waals surface area contributed by atoms with Gasteiger partial charge < -0.3 is 33.3 Å². The molecule has 1 aliphatic rings. The first-order chi connectivity index (χ1) is 21.3. The van der Waals surface area contributed by atoms with Crippen LogP contribution in [-0.4, -0.2) is 97.2 Å². The zero-order valence-corrected chi connectivity index (χ0v) is 28.0. The molecule has 2 aromatic rings. The quantitative estimate of drug-likeness (QED) is 0.101. The van der Waals surface area contributed by atoms with E-state index in [1.54, 1.807) is 28.4 Å². The summed E-state index contributed by atoms with van der Waals surface area (Å²) in [7, 11) is 8.75. The third-order valence-corrected chi connectivity index (χ3v) is 8.17. The van der Waals surface area contributed by atoms with Crippen molar-refractivity contribution in [2.45, 2.75) is 64.9 Å². The van der Waals surface area contributed by atoms with Crippen LogP contribution in [0.4, 0.5) is 0 Å². The first-order valence-electron chi connectivity index (χ1n) is 15.9. The van der Waals surface area contributed by atoms with E-state index in [4.69, 9.17) is 28.4 Å². The Morgan fingerprint density at radius 2 is 1.39 bits per heavy atom. The van der Waals surface area contributed by atoms with Gasteiger partial charge in [-0.3, -0.25) is 9.69 Å². The Hall–Kier alpha value is -3.01. The van der Waals surface area contributed by atoms with Crippen molar-refractivity contribution in [3.8, 4) is 23.0 Å². The summed E-state index contributed by atoms with van der Waals surface area (Å²) in [6, 6.07) is 5.77. The van der Waals surface area contributed by atoms with Crippen molar-refractivity contribution in [3.05, 3.63) is 35.4 Å². The predicted octanol–water partition coefficient (Wildman–Crippen LogP) is 6.42. The number of piperazine rings is 1. The Balaban J connectivity index is 1.51. The number of hydrogen-bond donors (Lipinski definition) is 0. The number of nitrogens with zero attached hydrogens (tertiary/aromatic N) is 2. The topological polar surface area (TPSA) is 78.9 Å². The summed E-state index contributed by atoms with van der Waals surface area (Å²) in [5, 5.41) is 1.61. The molecule has 0 aliphatic carbocycles. The fraction of sp³-hybridized carbons (Fsp3) is 0.629. The molecule has 0 aromatic heterocycles. The Morgan fingerprint density at radius 3 is 1.98 bits per heavy atom. The number of unbranched alkanes of at least 4 members (excludes halogenated alkanes) is 5. The number of hydrogen-bond acceptors (Lipinski definition) is 9. The van der Waals surface area contributed by atoms with Crippen LogP contribution in [0, 0.1) is 0 Å². The minimum atomic E-state index is -0.213. The lowest BCUT2D eigenvalue weighted by Gasteiger charge is -2.31. The molecule has 44 heavy (non-hydrogen) atoms. The van der Waals surface area contributed by atoms with Gasteiger partial charge in [0.05, 0.1) is 58.5 Å². The SMILES string of the molecule is COc1ccc(OC)c2c(OC)c(C(CC=C(C)C)OCCCCCCCCOC(=O)CN3CCN(C)CC3)cc(OC)c12. The van der Waals surface area contributed by atoms with E-state index in [1.165, 1.54) is 5.57 Å². The van der Waals surface area contributed by atoms with Crippen molar-refractivity contribution in [2.24, 2.45) is 0 Å². The Bertz CT molecular complexity index is 1200. The molecule has 1 aliphatic heterocycles. The zero-order chi connectivity index (χ0) is 31.9. The highest BCUT2D eigenvalue weighted by atomic mass is 16.5. The second-order valence-electron chi connectivity index (χ2n) is 11.7. The van der Waals surface area contributed by atoms with Crippen LogP contribution in [-0.2, 0) is 14.3 Å². The van der Waals surface area contributed by atoms with Crippen LogP contribution in [0.2, 0.25) is 0 Å². The smallest absolute Gasteiger partial charge is 0.320 e. The molecule has 9 nitrogen and oxygen atoms in total. The van der Waals surface area contributed by atoms with Crippen molar-refractivity contribution in [1.29, 1.82) is 0 Å². The van der Waals surface area contributed by atoms with E-state index in [0.29, 0.717) is 49.2 Å². The normalized spacial score (nSPS) is 14.7. The van der Waals surface area contributed by atoms with Gasteiger partial charge in [0.1, 0.15) is 23.0 Å². The van der Waals surface area contributed by atoms with Gasteiger partial charge in [-0.25, -0.2) is 0 Å². The van der Waals surface area contributed by atoms with Gasteiger partial charge in [-0.2, -0.15) is 0 Å². The van der Waals surface area contributed by atoms with E-state index in [0.717, 1.165) is 81.0 Å². The number of ether oxygens (including phenoxy) is 6. The average Bonchev–Trinajstić information content (AvgIpc) is 3.02. The zero-order valence-electron chi connectivity index (χ0n) is 28.0. The summed E-state index contributed by atoms with van der Waals surface area (Å²) in [4.78, 5) is 16.6. The number of fused-ring (bicyclic) bond motifs is 1. The highest BCUT2D eigenvalue weighted by molar-refractivity contribution is 6.03. The minimum absolute atomic E-state index is 0.104. The molecule has 1 unspecified atom stereocenters. The van der Waals surface area contributed by atoms with Crippen molar-refractivity contribution in [3.63, 3.8) is 0 Å². The first-order valence-corrected chi connectivity index (χ1v) is 15.9. The second-order valence-corrected chi connectivity index (χ2v) is 11.7. The van der Waals surface area contributed by atoms with E-state index in [9.17, 15) is 4.79 Å². The fourth-order valence-electron chi connectivity index (χ4n) is 5.60. The number of methoxy groups -OCH3 is 4. The molecule has 0 radical (unpaired) electrons. The largest absolute Gasteiger partial charge is 0.496 e. The van der Waals surface area contributed by atoms with Gasteiger partial charge in [0.25, 0.3) is 0 Å². The third-order valence-electron chi connectivity index (χ3n) is 8.17. The number of rotatable bonds is 19. The van der Waals surface area contributed by atoms with Crippen molar-refractivity contribution in [2.75, 3.05) is 81.4 Å². The Labute approximate surface area is 264 Å². The predicted molar refractivity (Wildman–Crippen MR) is 175 cm³/mol. The summed E-state index contributed by atoms with van der Waals surface area (Å²) < 4.78 is 35.2. The molecule has 1 atom stereocenters. The van der Waals surface area contributed by atoms with E-state index in [-0.39, 0.29) is 12.1 Å². The van der Waals surface area contributed by atoms with Crippen LogP contribution < -0.4 is 18.9 Å². The molecule has 246 valence electrons. The van der Waals surface area contributed by atoms with Gasteiger partial charge in [-0.05, 0) is 58.4 Å². The number of carbonyl (C=O) groups excluding carboxylic acids is 1. The van der Waals surface area contributed by atoms with Crippen molar-refractivity contribution in [1.82, 2.24) is 9.80 Å². The maximum Gasteiger partial charge on any atom is 0.320 e. The molecular weight excluding hydrogens is 560 g/mol. The molecule has 0 N–H and O–H groups in total. The molecular formula is C35H54N2O7. The third kappa shape index (κ3) is 10.3. The summed E-state index contributed by atoms with van der Waals surface area (Å²) >= 11 is 0. The number of likely N-dealkylation sites (N-methyl/N-ethyl adjacent to an activating group) is 1. The summed E-state index contributed by atoms with van der Waals surface area (Å²) in [5.41, 5.74) is 2.15. The monoisotopic (exact) mass is 614 g/mol. The lowest BCUT2D eigenvalue weighted by molar-refractivity contribution is -0.145. The van der Waals surface area contributed by atoms with Gasteiger partial charge >= 0.3 is 5.97 Å². The molecule has 1 fully saturated rings. The molecule has 3 rings (SSSR count). The number of benzene rings is 2. The van der Waals surface area contributed by atoms with Crippen LogP contribution in [0.15, 0.2) is 29.8 Å². The molecule has 1 saturated heterocycles. The average molecular weight is 615 g/mol. The van der Waals surface area contributed by atoms with Crippen molar-refractivity contribution < 1.29 is 33.2 Å². The molecule has 9 heteroatoms. The number of allylic oxidation sites excluding steroid dienone is 1. The highest BCUT2D eigenvalue weighted by Gasteiger charge is 2.25. The fourth-order valence-corrected chi connectivity index (χ4v) is 5.60. The second kappa shape index (κ2) is 18.7. The van der Waals surface area contributed by atoms with Gasteiger partial charge in [-0.15, -0.1) is 0 Å². The molecule has 0 saturated carbocycles. The molecule has 0 bridgehead atoms. The van der Waals surface area contributed by atoms with Gasteiger partial charge in [0.15, 0.2) is 0 Å². The van der Waals surface area contributed by atoms with Crippen LogP contribution in [0.25, 0.3) is 10.8 Å². The van der Waals surface area contributed by atoms with Crippen LogP contribution in [0.5, 0.6) is 23.0 Å². The lowest BCUT2D eigenvalue weighted by atomic mass is 9.97. The van der Waals surface area contributed by atoms with Gasteiger partial charge in [0, 0.05) is 38.3 Å². The summed E-state index contributed by atoms with van der Waals surface area (Å²) in [6.45, 7) is 9.62. The van der Waals surface area contributed by atoms with Crippen LogP contribution >= 0.6 is 0 Å². The maximum atomic E-state index is 12.1. The van der Waals surface area contributed by atoms with Crippen LogP contribution in [0.1, 0.15) is 70.5 Å². The lowest BCUT2D eigenvalue weighted by Crippen LogP contribution is -2.46. The highest BCUT2D eigenvalue weighted by Crippen LogP contribution is 2.48. The summed E-state index contributed by atoms with van der Waals surface area (Å²) in [6.07, 6.45) is 8.97. The van der Waals surface area contributed by atoms with E-state index in [1.807, 2.05) is 18.2 Å². The van der Waals surface area contributed by atoms with Crippen LogP contribution in [0.3, 0.4) is 0 Å². The van der Waals surface area contributed by atoms with E-state index >= 15 is 0 Å². The molecule has 1 heterocycles. The number of esters is 1. The standard InChI is InChI=1S/C35H54N2O7/c1-26(2)14-15-28(27-24-31(41-6)33-29(39-4)16-17-30(40-5)34(33)35(27)42-7)43-22-12-10-8-9-11-13-23-44-32(38)25-37-20-18-36(3)19-21-37/h14,16-17,24,28H,8-13,15,18-23,25H2,1-7H3. The molecule has 0 spiro atoms. The summed E-state index contributed by atoms with van der Waals surface area (Å²) in [5.74, 6) is 2.65. The first kappa shape index (κ1) is 35.5. The van der Waals surface area contributed by atoms with Crippen molar-refractivity contribution >= 4 is 16.7 Å². The Kier molecular flexibility index (Phi) is 15.1. The maximum absolute atomic E-state index is 12.1. The molecule has 2 aromatic carbocycles.